The fraction of sp³-hybridized carbons (Fsp3) is 0.278. The number of carbonyl (C=O) groups excluding carboxylic acids is 1. The molecule has 3 heteroatoms. The van der Waals surface area contributed by atoms with Crippen molar-refractivity contribution < 1.29 is 4.79 Å². The van der Waals surface area contributed by atoms with Gasteiger partial charge >= 0.3 is 0 Å². The molecule has 1 amide bonds. The number of hydrogen-bond acceptors (Lipinski definition) is 2. The van der Waals surface area contributed by atoms with Crippen LogP contribution in [0.3, 0.4) is 0 Å². The van der Waals surface area contributed by atoms with Gasteiger partial charge in [0.25, 0.3) is 5.91 Å². The van der Waals surface area contributed by atoms with Gasteiger partial charge < -0.3 is 10.2 Å². The van der Waals surface area contributed by atoms with E-state index in [4.69, 9.17) is 0 Å². The zero-order valence-corrected chi connectivity index (χ0v) is 12.4. The fourth-order valence-electron chi connectivity index (χ4n) is 2.72. The van der Waals surface area contributed by atoms with Crippen molar-refractivity contribution in [1.82, 2.24) is 4.90 Å². The van der Waals surface area contributed by atoms with Gasteiger partial charge in [0.05, 0.1) is 0 Å². The van der Waals surface area contributed by atoms with Gasteiger partial charge in [-0.25, -0.2) is 0 Å². The van der Waals surface area contributed by atoms with Crippen molar-refractivity contribution in [2.24, 2.45) is 0 Å². The van der Waals surface area contributed by atoms with Gasteiger partial charge in [0.1, 0.15) is 0 Å². The number of benzene rings is 2. The number of nitrogens with one attached hydrogen (secondary N) is 1. The number of rotatable bonds is 4. The molecule has 2 atom stereocenters. The average Bonchev–Trinajstić information content (AvgIpc) is 3.30. The van der Waals surface area contributed by atoms with E-state index < -0.39 is 0 Å². The summed E-state index contributed by atoms with van der Waals surface area (Å²) in [6.07, 6.45) is 1.22. The van der Waals surface area contributed by atoms with Gasteiger partial charge in [-0.05, 0) is 50.3 Å². The highest BCUT2D eigenvalue weighted by Gasteiger charge is 2.39. The molecule has 1 aliphatic carbocycles. The van der Waals surface area contributed by atoms with E-state index in [0.29, 0.717) is 17.5 Å². The molecule has 1 saturated carbocycles. The molecular weight excluding hydrogens is 260 g/mol. The van der Waals surface area contributed by atoms with Crippen molar-refractivity contribution >= 4 is 11.6 Å². The minimum atomic E-state index is -0.0686. The molecule has 3 rings (SSSR count). The van der Waals surface area contributed by atoms with Gasteiger partial charge in [-0.1, -0.05) is 30.3 Å². The van der Waals surface area contributed by atoms with Gasteiger partial charge in [0.2, 0.25) is 0 Å². The largest absolute Gasteiger partial charge is 0.322 e. The number of anilines is 1. The predicted molar refractivity (Wildman–Crippen MR) is 85.7 cm³/mol. The van der Waals surface area contributed by atoms with E-state index in [-0.39, 0.29) is 5.91 Å². The molecule has 3 nitrogen and oxygen atoms in total. The summed E-state index contributed by atoms with van der Waals surface area (Å²) in [5.74, 6) is 0.569. The quantitative estimate of drug-likeness (QED) is 0.931. The first-order valence-electron chi connectivity index (χ1n) is 7.28. The smallest absolute Gasteiger partial charge is 0.255 e. The van der Waals surface area contributed by atoms with Crippen LogP contribution in [0.15, 0.2) is 54.6 Å². The lowest BCUT2D eigenvalue weighted by molar-refractivity contribution is 0.102. The van der Waals surface area contributed by atoms with E-state index in [1.807, 2.05) is 42.5 Å². The molecule has 1 N–H and O–H groups in total. The number of likely N-dealkylation sites (N-methyl/N-ethyl adjacent to an activating group) is 1. The number of amides is 1. The van der Waals surface area contributed by atoms with Gasteiger partial charge in [-0.3, -0.25) is 4.79 Å². The SMILES string of the molecule is CN(C)[C@@H]1C[C@H]1c1ccc(NC(=O)c2ccccc2)cc1. The summed E-state index contributed by atoms with van der Waals surface area (Å²) in [7, 11) is 4.25. The maximum absolute atomic E-state index is 12.1. The monoisotopic (exact) mass is 280 g/mol. The lowest BCUT2D eigenvalue weighted by Gasteiger charge is -2.09. The topological polar surface area (TPSA) is 32.3 Å². The summed E-state index contributed by atoms with van der Waals surface area (Å²) in [5, 5.41) is 2.93. The third-order valence-corrected chi connectivity index (χ3v) is 4.05. The average molecular weight is 280 g/mol. The van der Waals surface area contributed by atoms with Crippen LogP contribution in [0.5, 0.6) is 0 Å². The molecule has 0 saturated heterocycles. The number of carbonyl (C=O) groups is 1. The molecule has 0 spiro atoms. The summed E-state index contributed by atoms with van der Waals surface area (Å²) in [6.45, 7) is 0. The van der Waals surface area contributed by atoms with Crippen LogP contribution in [0.25, 0.3) is 0 Å². The maximum atomic E-state index is 12.1. The van der Waals surface area contributed by atoms with Gasteiger partial charge in [0, 0.05) is 23.2 Å². The Balaban J connectivity index is 1.64. The first kappa shape index (κ1) is 13.8. The molecule has 2 aromatic carbocycles. The molecule has 108 valence electrons. The minimum Gasteiger partial charge on any atom is -0.322 e. The third-order valence-electron chi connectivity index (χ3n) is 4.05. The molecule has 0 bridgehead atoms. The first-order chi connectivity index (χ1) is 10.1. The zero-order chi connectivity index (χ0) is 14.8. The van der Waals surface area contributed by atoms with Crippen molar-refractivity contribution in [3.8, 4) is 0 Å². The van der Waals surface area contributed by atoms with Crippen LogP contribution < -0.4 is 5.32 Å². The van der Waals surface area contributed by atoms with Crippen LogP contribution in [0.2, 0.25) is 0 Å². The Morgan fingerprint density at radius 1 is 1.05 bits per heavy atom. The normalized spacial score (nSPS) is 20.3. The van der Waals surface area contributed by atoms with Gasteiger partial charge in [-0.2, -0.15) is 0 Å². The summed E-state index contributed by atoms with van der Waals surface area (Å²) < 4.78 is 0. The predicted octanol–water partition coefficient (Wildman–Crippen LogP) is 3.36. The standard InChI is InChI=1S/C18H20N2O/c1-20(2)17-12-16(17)13-8-10-15(11-9-13)19-18(21)14-6-4-3-5-7-14/h3-11,16-17H,12H2,1-2H3,(H,19,21)/t16-,17+/m0/s1. The molecule has 1 aliphatic rings. The van der Waals surface area contributed by atoms with Crippen molar-refractivity contribution in [3.63, 3.8) is 0 Å². The molecule has 2 aromatic rings. The van der Waals surface area contributed by atoms with E-state index in [9.17, 15) is 4.79 Å². The van der Waals surface area contributed by atoms with Crippen molar-refractivity contribution in [3.05, 3.63) is 65.7 Å². The summed E-state index contributed by atoms with van der Waals surface area (Å²) in [4.78, 5) is 14.3. The Hall–Kier alpha value is -2.13. The van der Waals surface area contributed by atoms with E-state index in [1.165, 1.54) is 12.0 Å². The van der Waals surface area contributed by atoms with Gasteiger partial charge in [-0.15, -0.1) is 0 Å². The van der Waals surface area contributed by atoms with Crippen molar-refractivity contribution in [1.29, 1.82) is 0 Å². The summed E-state index contributed by atoms with van der Waals surface area (Å²) >= 11 is 0. The molecule has 0 heterocycles. The molecule has 21 heavy (non-hydrogen) atoms. The first-order valence-corrected chi connectivity index (χ1v) is 7.28. The maximum Gasteiger partial charge on any atom is 0.255 e. The van der Waals surface area contributed by atoms with Crippen LogP contribution >= 0.6 is 0 Å². The second kappa shape index (κ2) is 5.70. The van der Waals surface area contributed by atoms with Crippen LogP contribution in [0.4, 0.5) is 5.69 Å². The van der Waals surface area contributed by atoms with Crippen molar-refractivity contribution in [2.75, 3.05) is 19.4 Å². The summed E-state index contributed by atoms with van der Waals surface area (Å²) in [6, 6.07) is 18.1. The lowest BCUT2D eigenvalue weighted by atomic mass is 10.1. The van der Waals surface area contributed by atoms with Crippen LogP contribution in [-0.4, -0.2) is 30.9 Å². The van der Waals surface area contributed by atoms with E-state index >= 15 is 0 Å². The van der Waals surface area contributed by atoms with Crippen LogP contribution in [-0.2, 0) is 0 Å². The van der Waals surface area contributed by atoms with Crippen LogP contribution in [0, 0.1) is 0 Å². The zero-order valence-electron chi connectivity index (χ0n) is 12.4. The molecule has 0 aromatic heterocycles. The molecule has 0 aliphatic heterocycles. The highest BCUT2D eigenvalue weighted by atomic mass is 16.1. The molecule has 0 unspecified atom stereocenters. The Kier molecular flexibility index (Phi) is 3.76. The number of nitrogens with zero attached hydrogens (tertiary/aromatic N) is 1. The van der Waals surface area contributed by atoms with Crippen molar-refractivity contribution in [2.45, 2.75) is 18.4 Å². The van der Waals surface area contributed by atoms with Crippen LogP contribution in [0.1, 0.15) is 28.3 Å². The van der Waals surface area contributed by atoms with E-state index in [0.717, 1.165) is 5.69 Å². The Morgan fingerprint density at radius 3 is 2.29 bits per heavy atom. The molecule has 0 radical (unpaired) electrons. The Morgan fingerprint density at radius 2 is 1.71 bits per heavy atom. The third kappa shape index (κ3) is 3.14. The molecular formula is C18H20N2O. The number of hydrogen-bond donors (Lipinski definition) is 1. The van der Waals surface area contributed by atoms with E-state index in [2.05, 4.69) is 36.4 Å². The highest BCUT2D eigenvalue weighted by molar-refractivity contribution is 6.04. The second-order valence-electron chi connectivity index (χ2n) is 5.82. The van der Waals surface area contributed by atoms with E-state index in [1.54, 1.807) is 0 Å². The molecule has 1 fully saturated rings. The second-order valence-corrected chi connectivity index (χ2v) is 5.82. The lowest BCUT2D eigenvalue weighted by Crippen LogP contribution is -2.15. The summed E-state index contributed by atoms with van der Waals surface area (Å²) in [5.41, 5.74) is 2.87. The highest BCUT2D eigenvalue weighted by Crippen LogP contribution is 2.43. The Labute approximate surface area is 125 Å². The van der Waals surface area contributed by atoms with Gasteiger partial charge in [0.15, 0.2) is 0 Å². The fourth-order valence-corrected chi connectivity index (χ4v) is 2.72. The minimum absolute atomic E-state index is 0.0686. The Bertz CT molecular complexity index is 619.